The maximum atomic E-state index is 13.9. The largest absolute Gasteiger partial charge is 0.508 e. The van der Waals surface area contributed by atoms with Crippen molar-refractivity contribution in [3.05, 3.63) is 45.7 Å². The van der Waals surface area contributed by atoms with E-state index in [4.69, 9.17) is 10.5 Å². The Kier molecular flexibility index (Phi) is 6.62. The molecule has 5 rings (SSSR count). The minimum Gasteiger partial charge on any atom is -0.508 e. The fraction of sp³-hybridized carbons (Fsp3) is 0.481. The number of morpholine rings is 1. The lowest BCUT2D eigenvalue weighted by molar-refractivity contribution is -0.153. The lowest BCUT2D eigenvalue weighted by atomic mass is 9.57. The molecule has 1 aromatic rings. The van der Waals surface area contributed by atoms with Crippen molar-refractivity contribution >= 4 is 29.0 Å². The number of amides is 1. The molecule has 1 heterocycles. The molecule has 0 unspecified atom stereocenters. The van der Waals surface area contributed by atoms with Crippen molar-refractivity contribution in [2.75, 3.05) is 46.9 Å². The van der Waals surface area contributed by atoms with Gasteiger partial charge < -0.3 is 30.9 Å². The van der Waals surface area contributed by atoms with Gasteiger partial charge in [-0.05, 0) is 50.6 Å². The van der Waals surface area contributed by atoms with Crippen LogP contribution in [-0.4, -0.2) is 112 Å². The molecule has 0 bridgehead atoms. The Morgan fingerprint density at radius 2 is 1.82 bits per heavy atom. The first kappa shape index (κ1) is 27.0. The summed E-state index contributed by atoms with van der Waals surface area (Å²) in [5, 5.41) is 44.5. The number of hydrogen-bond donors (Lipinski definition) is 5. The van der Waals surface area contributed by atoms with Crippen molar-refractivity contribution in [1.82, 2.24) is 9.80 Å². The normalized spacial score (nSPS) is 29.3. The zero-order valence-corrected chi connectivity index (χ0v) is 21.6. The van der Waals surface area contributed by atoms with Crippen LogP contribution in [0.15, 0.2) is 29.0 Å². The standard InChI is InChI=1S/C27H31N3O9/c1-29(2)21-15-10-12-9-14-13(17(32)11-30-5-7-39-8-6-30)3-4-16(31)19(14)22(33)18(12)24(35)27(15,38)25(36)20(23(21)34)26(28)37/h3-4,12,15,21,31,33,36,38H,5-11H2,1-2H3,(H2,28,37)/t12-,15-,21-,27-/m0/s1. The molecule has 1 aromatic carbocycles. The number of ether oxygens (including phenoxy) is 1. The van der Waals surface area contributed by atoms with E-state index in [9.17, 15) is 39.6 Å². The van der Waals surface area contributed by atoms with Crippen LogP contribution in [0.5, 0.6) is 5.75 Å². The molecule has 0 spiro atoms. The molecule has 2 fully saturated rings. The number of phenolic OH excluding ortho intramolecular Hbond substituents is 1. The highest BCUT2D eigenvalue weighted by atomic mass is 16.5. The van der Waals surface area contributed by atoms with Crippen LogP contribution in [-0.2, 0) is 25.5 Å². The molecule has 208 valence electrons. The van der Waals surface area contributed by atoms with E-state index in [1.54, 1.807) is 0 Å². The van der Waals surface area contributed by atoms with Crippen LogP contribution in [0.1, 0.15) is 27.9 Å². The summed E-state index contributed by atoms with van der Waals surface area (Å²) in [6.45, 7) is 2.29. The number of likely N-dealkylation sites (N-methyl/N-ethyl adjacent to an activating group) is 1. The molecule has 1 amide bonds. The highest BCUT2D eigenvalue weighted by Crippen LogP contribution is 2.52. The van der Waals surface area contributed by atoms with Crippen molar-refractivity contribution in [2.24, 2.45) is 17.6 Å². The summed E-state index contributed by atoms with van der Waals surface area (Å²) < 4.78 is 5.34. The first-order valence-corrected chi connectivity index (χ1v) is 12.7. The average Bonchev–Trinajstić information content (AvgIpc) is 2.86. The summed E-state index contributed by atoms with van der Waals surface area (Å²) in [6.07, 6.45) is 0.0195. The van der Waals surface area contributed by atoms with Crippen molar-refractivity contribution in [3.63, 3.8) is 0 Å². The highest BCUT2D eigenvalue weighted by Gasteiger charge is 2.64. The molecule has 12 heteroatoms. The summed E-state index contributed by atoms with van der Waals surface area (Å²) in [4.78, 5) is 55.8. The van der Waals surface area contributed by atoms with E-state index < -0.39 is 58.0 Å². The topological polar surface area (TPSA) is 191 Å². The third-order valence-electron chi connectivity index (χ3n) is 8.38. The highest BCUT2D eigenvalue weighted by molar-refractivity contribution is 6.24. The Morgan fingerprint density at radius 3 is 2.44 bits per heavy atom. The van der Waals surface area contributed by atoms with Gasteiger partial charge >= 0.3 is 0 Å². The number of primary amides is 1. The lowest BCUT2D eigenvalue weighted by Gasteiger charge is -2.50. The molecule has 4 atom stereocenters. The predicted molar refractivity (Wildman–Crippen MR) is 136 cm³/mol. The number of phenols is 1. The third-order valence-corrected chi connectivity index (χ3v) is 8.38. The molecule has 3 aliphatic carbocycles. The molecular weight excluding hydrogens is 510 g/mol. The van der Waals surface area contributed by atoms with Gasteiger partial charge in [-0.25, -0.2) is 0 Å². The molecule has 12 nitrogen and oxygen atoms in total. The van der Waals surface area contributed by atoms with Gasteiger partial charge in [-0.1, -0.05) is 0 Å². The van der Waals surface area contributed by atoms with Crippen molar-refractivity contribution < 1.29 is 44.3 Å². The first-order valence-electron chi connectivity index (χ1n) is 12.7. The number of nitrogens with zero attached hydrogens (tertiary/aromatic N) is 2. The number of benzene rings is 1. The number of carbonyl (C=O) groups excluding carboxylic acids is 4. The molecule has 4 aliphatic rings. The van der Waals surface area contributed by atoms with Crippen LogP contribution in [0.25, 0.3) is 5.76 Å². The van der Waals surface area contributed by atoms with Gasteiger partial charge in [0.2, 0.25) is 5.78 Å². The van der Waals surface area contributed by atoms with Gasteiger partial charge in [0.1, 0.15) is 22.8 Å². The van der Waals surface area contributed by atoms with Gasteiger partial charge in [-0.3, -0.25) is 29.0 Å². The molecule has 6 N–H and O–H groups in total. The van der Waals surface area contributed by atoms with Crippen LogP contribution in [0.4, 0.5) is 0 Å². The van der Waals surface area contributed by atoms with E-state index in [1.807, 2.05) is 4.90 Å². The van der Waals surface area contributed by atoms with Crippen LogP contribution in [0.3, 0.4) is 0 Å². The number of Topliss-reactive ketones (excluding diaryl/α,β-unsaturated/α-hetero) is 3. The zero-order valence-electron chi connectivity index (χ0n) is 21.6. The number of carbonyl (C=O) groups is 4. The smallest absolute Gasteiger partial charge is 0.255 e. The minimum atomic E-state index is -2.70. The number of rotatable bonds is 5. The monoisotopic (exact) mass is 541 g/mol. The number of nitrogens with two attached hydrogens (primary N) is 1. The number of ketones is 3. The zero-order chi connectivity index (χ0) is 28.4. The SMILES string of the molecule is CN(C)[C@@H]1C(=O)C(C(N)=O)=C(O)[C@@]2(O)C(=O)C3=C(O)c4c(O)ccc(C(=O)CN5CCOCC5)c4C[C@H]3C[C@@H]12. The molecule has 0 radical (unpaired) electrons. The van der Waals surface area contributed by atoms with Crippen LogP contribution in [0, 0.1) is 11.8 Å². The van der Waals surface area contributed by atoms with E-state index in [2.05, 4.69) is 0 Å². The van der Waals surface area contributed by atoms with Gasteiger partial charge in [0.25, 0.3) is 5.91 Å². The second-order valence-corrected chi connectivity index (χ2v) is 10.8. The quantitative estimate of drug-likeness (QED) is 0.238. The fourth-order valence-corrected chi connectivity index (χ4v) is 6.55. The van der Waals surface area contributed by atoms with E-state index in [0.717, 1.165) is 0 Å². The van der Waals surface area contributed by atoms with Crippen LogP contribution in [0.2, 0.25) is 0 Å². The number of aromatic hydroxyl groups is 1. The average molecular weight is 542 g/mol. The van der Waals surface area contributed by atoms with Crippen LogP contribution >= 0.6 is 0 Å². The lowest BCUT2D eigenvalue weighted by Crippen LogP contribution is -2.65. The Hall–Kier alpha value is -3.58. The summed E-state index contributed by atoms with van der Waals surface area (Å²) in [5.41, 5.74) is 2.06. The number of hydrogen-bond acceptors (Lipinski definition) is 11. The number of aliphatic hydroxyl groups excluding tert-OH is 2. The molecule has 1 saturated carbocycles. The van der Waals surface area contributed by atoms with E-state index in [1.165, 1.54) is 31.1 Å². The van der Waals surface area contributed by atoms with Gasteiger partial charge in [0, 0.05) is 30.1 Å². The van der Waals surface area contributed by atoms with Crippen molar-refractivity contribution in [2.45, 2.75) is 24.5 Å². The van der Waals surface area contributed by atoms with E-state index >= 15 is 0 Å². The van der Waals surface area contributed by atoms with Gasteiger partial charge in [-0.15, -0.1) is 0 Å². The summed E-state index contributed by atoms with van der Waals surface area (Å²) in [7, 11) is 3.07. The molecule has 1 aliphatic heterocycles. The molecule has 0 aromatic heterocycles. The van der Waals surface area contributed by atoms with Gasteiger partial charge in [0.05, 0.1) is 31.4 Å². The van der Waals surface area contributed by atoms with Crippen molar-refractivity contribution in [1.29, 1.82) is 0 Å². The fourth-order valence-electron chi connectivity index (χ4n) is 6.55. The van der Waals surface area contributed by atoms with E-state index in [0.29, 0.717) is 31.9 Å². The minimum absolute atomic E-state index is 0.0431. The Bertz CT molecular complexity index is 1360. The molecular formula is C27H31N3O9. The van der Waals surface area contributed by atoms with Crippen LogP contribution < -0.4 is 5.73 Å². The number of fused-ring (bicyclic) bond motifs is 3. The Morgan fingerprint density at radius 1 is 1.15 bits per heavy atom. The Labute approximate surface area is 223 Å². The third kappa shape index (κ3) is 3.97. The number of aliphatic hydroxyl groups is 3. The summed E-state index contributed by atoms with van der Waals surface area (Å²) in [5.74, 6) is -7.48. The second-order valence-electron chi connectivity index (χ2n) is 10.8. The van der Waals surface area contributed by atoms with E-state index in [-0.39, 0.29) is 47.6 Å². The predicted octanol–water partition coefficient (Wildman–Crippen LogP) is -0.521. The van der Waals surface area contributed by atoms with Crippen molar-refractivity contribution in [3.8, 4) is 5.75 Å². The maximum Gasteiger partial charge on any atom is 0.255 e. The first-order chi connectivity index (χ1) is 18.4. The van der Waals surface area contributed by atoms with Gasteiger partial charge in [-0.2, -0.15) is 0 Å². The molecule has 39 heavy (non-hydrogen) atoms. The summed E-state index contributed by atoms with van der Waals surface area (Å²) in [6, 6.07) is 1.57. The summed E-state index contributed by atoms with van der Waals surface area (Å²) >= 11 is 0. The second kappa shape index (κ2) is 9.56. The maximum absolute atomic E-state index is 13.9. The van der Waals surface area contributed by atoms with Gasteiger partial charge in [0.15, 0.2) is 17.2 Å². The molecule has 1 saturated heterocycles. The Balaban J connectivity index is 1.63.